The molecule has 0 spiro atoms. The SMILES string of the molecule is Cc1cc(C)c(S(=O)(=O)NCCn2nc(-c3cccnc3)n(C3CC3)c2=O)c(C)c1. The van der Waals surface area contributed by atoms with Crippen LogP contribution in [0, 0.1) is 20.8 Å². The lowest BCUT2D eigenvalue weighted by Crippen LogP contribution is -2.32. The van der Waals surface area contributed by atoms with Crippen LogP contribution in [-0.4, -0.2) is 34.3 Å². The molecular weight excluding hydrogens is 402 g/mol. The van der Waals surface area contributed by atoms with Crippen LogP contribution in [0.1, 0.15) is 35.6 Å². The maximum absolute atomic E-state index is 12.9. The van der Waals surface area contributed by atoms with E-state index in [1.807, 2.05) is 25.1 Å². The van der Waals surface area contributed by atoms with Gasteiger partial charge in [-0.15, -0.1) is 5.10 Å². The van der Waals surface area contributed by atoms with Gasteiger partial charge in [0.15, 0.2) is 5.82 Å². The van der Waals surface area contributed by atoms with Gasteiger partial charge in [0.2, 0.25) is 10.0 Å². The van der Waals surface area contributed by atoms with Crippen molar-refractivity contribution >= 4 is 10.0 Å². The number of pyridine rings is 1. The molecule has 3 aromatic rings. The van der Waals surface area contributed by atoms with Gasteiger partial charge < -0.3 is 0 Å². The second-order valence-electron chi connectivity index (χ2n) is 7.80. The first-order valence-electron chi connectivity index (χ1n) is 9.95. The molecule has 1 aromatic carbocycles. The van der Waals surface area contributed by atoms with Crippen molar-refractivity contribution in [2.75, 3.05) is 6.54 Å². The van der Waals surface area contributed by atoms with E-state index in [0.717, 1.165) is 24.0 Å². The van der Waals surface area contributed by atoms with Crippen LogP contribution in [0.5, 0.6) is 0 Å². The van der Waals surface area contributed by atoms with Crippen molar-refractivity contribution < 1.29 is 8.42 Å². The van der Waals surface area contributed by atoms with Crippen molar-refractivity contribution in [3.05, 3.63) is 63.8 Å². The van der Waals surface area contributed by atoms with Gasteiger partial charge >= 0.3 is 5.69 Å². The van der Waals surface area contributed by atoms with E-state index in [1.165, 1.54) is 4.68 Å². The molecule has 0 aliphatic heterocycles. The maximum atomic E-state index is 12.9. The van der Waals surface area contributed by atoms with Crippen LogP contribution < -0.4 is 10.4 Å². The Balaban J connectivity index is 1.56. The van der Waals surface area contributed by atoms with E-state index < -0.39 is 10.0 Å². The fourth-order valence-corrected chi connectivity index (χ4v) is 5.34. The molecule has 2 aromatic heterocycles. The largest absolute Gasteiger partial charge is 0.346 e. The average Bonchev–Trinajstić information content (AvgIpc) is 3.45. The number of aromatic nitrogens is 4. The fraction of sp³-hybridized carbons (Fsp3) is 0.381. The third-order valence-electron chi connectivity index (χ3n) is 5.19. The lowest BCUT2D eigenvalue weighted by Gasteiger charge is -2.13. The molecule has 0 unspecified atom stereocenters. The Morgan fingerprint density at radius 2 is 1.87 bits per heavy atom. The van der Waals surface area contributed by atoms with Gasteiger partial charge in [-0.2, -0.15) is 0 Å². The molecule has 0 bridgehead atoms. The number of nitrogens with one attached hydrogen (secondary N) is 1. The molecule has 0 amide bonds. The monoisotopic (exact) mass is 427 g/mol. The van der Waals surface area contributed by atoms with Crippen molar-refractivity contribution in [1.29, 1.82) is 0 Å². The number of benzene rings is 1. The minimum atomic E-state index is -3.69. The van der Waals surface area contributed by atoms with Crippen molar-refractivity contribution in [3.63, 3.8) is 0 Å². The first kappa shape index (κ1) is 20.5. The second-order valence-corrected chi connectivity index (χ2v) is 9.50. The number of aryl methyl sites for hydroxylation is 3. The Bertz CT molecular complexity index is 1220. The molecular formula is C21H25N5O3S. The third kappa shape index (κ3) is 3.95. The molecule has 0 radical (unpaired) electrons. The summed E-state index contributed by atoms with van der Waals surface area (Å²) in [7, 11) is -3.69. The number of sulfonamides is 1. The predicted octanol–water partition coefficient (Wildman–Crippen LogP) is 2.35. The van der Waals surface area contributed by atoms with Crippen molar-refractivity contribution in [3.8, 4) is 11.4 Å². The molecule has 30 heavy (non-hydrogen) atoms. The zero-order valence-corrected chi connectivity index (χ0v) is 18.1. The smallest absolute Gasteiger partial charge is 0.272 e. The maximum Gasteiger partial charge on any atom is 0.346 e. The van der Waals surface area contributed by atoms with E-state index >= 15 is 0 Å². The van der Waals surface area contributed by atoms with Gasteiger partial charge in [-0.3, -0.25) is 9.55 Å². The molecule has 2 heterocycles. The molecule has 1 aliphatic carbocycles. The van der Waals surface area contributed by atoms with E-state index in [4.69, 9.17) is 0 Å². The van der Waals surface area contributed by atoms with Crippen molar-refractivity contribution in [1.82, 2.24) is 24.1 Å². The minimum Gasteiger partial charge on any atom is -0.272 e. The van der Waals surface area contributed by atoms with Crippen LogP contribution in [0.15, 0.2) is 46.3 Å². The molecule has 0 atom stereocenters. The summed E-state index contributed by atoms with van der Waals surface area (Å²) in [5, 5.41) is 4.47. The lowest BCUT2D eigenvalue weighted by atomic mass is 10.1. The average molecular weight is 428 g/mol. The summed E-state index contributed by atoms with van der Waals surface area (Å²) in [5.74, 6) is 0.573. The molecule has 8 nitrogen and oxygen atoms in total. The molecule has 1 fully saturated rings. The Morgan fingerprint density at radius 1 is 1.17 bits per heavy atom. The van der Waals surface area contributed by atoms with Gasteiger partial charge in [0.1, 0.15) is 0 Å². The van der Waals surface area contributed by atoms with E-state index in [2.05, 4.69) is 14.8 Å². The Kier molecular flexibility index (Phi) is 5.33. The van der Waals surface area contributed by atoms with Gasteiger partial charge in [0.25, 0.3) is 0 Å². The minimum absolute atomic E-state index is 0.0726. The highest BCUT2D eigenvalue weighted by molar-refractivity contribution is 7.89. The van der Waals surface area contributed by atoms with Gasteiger partial charge in [0.05, 0.1) is 11.4 Å². The molecule has 1 saturated carbocycles. The molecule has 1 N–H and O–H groups in total. The first-order chi connectivity index (χ1) is 14.3. The second kappa shape index (κ2) is 7.81. The van der Waals surface area contributed by atoms with Crippen LogP contribution in [0.3, 0.4) is 0 Å². The van der Waals surface area contributed by atoms with Gasteiger partial charge in [-0.1, -0.05) is 17.7 Å². The van der Waals surface area contributed by atoms with Crippen molar-refractivity contribution in [2.24, 2.45) is 0 Å². The Morgan fingerprint density at radius 3 is 2.47 bits per heavy atom. The molecule has 9 heteroatoms. The van der Waals surface area contributed by atoms with Gasteiger partial charge in [0, 0.05) is 30.5 Å². The van der Waals surface area contributed by atoms with Crippen LogP contribution in [-0.2, 0) is 16.6 Å². The number of nitrogens with zero attached hydrogens (tertiary/aromatic N) is 4. The quantitative estimate of drug-likeness (QED) is 0.624. The van der Waals surface area contributed by atoms with Gasteiger partial charge in [-0.05, 0) is 56.9 Å². The summed E-state index contributed by atoms with van der Waals surface area (Å²) in [6.07, 6.45) is 5.23. The highest BCUT2D eigenvalue weighted by Crippen LogP contribution is 2.36. The summed E-state index contributed by atoms with van der Waals surface area (Å²) >= 11 is 0. The standard InChI is InChI=1S/C21H25N5O3S/c1-14-11-15(2)19(16(3)12-14)30(28,29)23-9-10-25-21(27)26(18-6-7-18)20(24-25)17-5-4-8-22-13-17/h4-5,8,11-13,18,23H,6-7,9-10H2,1-3H3. The Labute approximate surface area is 175 Å². The number of rotatable bonds is 7. The summed E-state index contributed by atoms with van der Waals surface area (Å²) in [5.41, 5.74) is 2.97. The molecule has 4 rings (SSSR count). The van der Waals surface area contributed by atoms with Crippen LogP contribution in [0.4, 0.5) is 0 Å². The van der Waals surface area contributed by atoms with E-state index in [9.17, 15) is 13.2 Å². The van der Waals surface area contributed by atoms with E-state index in [0.29, 0.717) is 21.8 Å². The summed E-state index contributed by atoms with van der Waals surface area (Å²) in [6.45, 7) is 5.73. The van der Waals surface area contributed by atoms with E-state index in [1.54, 1.807) is 36.9 Å². The van der Waals surface area contributed by atoms with Crippen molar-refractivity contribution in [2.45, 2.75) is 51.1 Å². The summed E-state index contributed by atoms with van der Waals surface area (Å²) in [6, 6.07) is 7.52. The predicted molar refractivity (Wildman–Crippen MR) is 114 cm³/mol. The zero-order chi connectivity index (χ0) is 21.5. The lowest BCUT2D eigenvalue weighted by molar-refractivity contribution is 0.546. The van der Waals surface area contributed by atoms with Crippen LogP contribution in [0.25, 0.3) is 11.4 Å². The fourth-order valence-electron chi connectivity index (χ4n) is 3.87. The topological polar surface area (TPSA) is 98.9 Å². The first-order valence-corrected chi connectivity index (χ1v) is 11.4. The number of hydrogen-bond donors (Lipinski definition) is 1. The molecule has 158 valence electrons. The summed E-state index contributed by atoms with van der Waals surface area (Å²) in [4.78, 5) is 17.3. The van der Waals surface area contributed by atoms with E-state index in [-0.39, 0.29) is 24.8 Å². The van der Waals surface area contributed by atoms with Crippen LogP contribution >= 0.6 is 0 Å². The zero-order valence-electron chi connectivity index (χ0n) is 17.3. The number of hydrogen-bond acceptors (Lipinski definition) is 5. The Hall–Kier alpha value is -2.78. The summed E-state index contributed by atoms with van der Waals surface area (Å²) < 4.78 is 31.3. The molecule has 0 saturated heterocycles. The third-order valence-corrected chi connectivity index (χ3v) is 6.96. The highest BCUT2D eigenvalue weighted by atomic mass is 32.2. The normalized spacial score (nSPS) is 14.2. The molecule has 1 aliphatic rings. The van der Waals surface area contributed by atoms with Gasteiger partial charge in [-0.25, -0.2) is 22.6 Å². The van der Waals surface area contributed by atoms with Crippen LogP contribution in [0.2, 0.25) is 0 Å². The highest BCUT2D eigenvalue weighted by Gasteiger charge is 2.30.